The van der Waals surface area contributed by atoms with E-state index in [0.717, 1.165) is 36.0 Å². The molecule has 6 heteroatoms. The normalized spacial score (nSPS) is 13.1. The maximum Gasteiger partial charge on any atom is 0.416 e. The zero-order valence-electron chi connectivity index (χ0n) is 10.4. The minimum atomic E-state index is -4.42. The number of benzene rings is 1. The highest BCUT2D eigenvalue weighted by Gasteiger charge is 2.31. The van der Waals surface area contributed by atoms with Crippen LogP contribution in [-0.4, -0.2) is 11.0 Å². The fourth-order valence-corrected chi connectivity index (χ4v) is 2.17. The lowest BCUT2D eigenvalue weighted by Gasteiger charge is -2.15. The smallest absolute Gasteiger partial charge is 0.293 e. The second kappa shape index (κ2) is 6.11. The summed E-state index contributed by atoms with van der Waals surface area (Å²) in [5.41, 5.74) is -0.604. The van der Waals surface area contributed by atoms with Crippen molar-refractivity contribution in [2.45, 2.75) is 25.3 Å². The third-order valence-electron chi connectivity index (χ3n) is 2.54. The molecule has 0 aliphatic heterocycles. The third-order valence-corrected chi connectivity index (χ3v) is 3.66. The minimum Gasteiger partial charge on any atom is -0.293 e. The molecule has 0 aliphatic carbocycles. The number of thiocyanates is 1. The number of thioether (sulfide) groups is 1. The van der Waals surface area contributed by atoms with E-state index < -0.39 is 17.0 Å². The SMILES string of the molecule is CC(C)C(SC#N)C(=O)c1ccc(C(F)(F)F)cc1. The van der Waals surface area contributed by atoms with Crippen LogP contribution in [0.2, 0.25) is 0 Å². The number of alkyl halides is 3. The number of halogens is 3. The summed E-state index contributed by atoms with van der Waals surface area (Å²) in [6, 6.07) is 4.06. The molecule has 102 valence electrons. The largest absolute Gasteiger partial charge is 0.416 e. The Morgan fingerprint density at radius 3 is 2.16 bits per heavy atom. The van der Waals surface area contributed by atoms with E-state index in [4.69, 9.17) is 5.26 Å². The Morgan fingerprint density at radius 1 is 1.26 bits per heavy atom. The van der Waals surface area contributed by atoms with Gasteiger partial charge in [0.2, 0.25) is 0 Å². The van der Waals surface area contributed by atoms with Crippen molar-refractivity contribution in [1.29, 1.82) is 5.26 Å². The highest BCUT2D eigenvalue weighted by atomic mass is 32.2. The Hall–Kier alpha value is -1.48. The van der Waals surface area contributed by atoms with E-state index in [0.29, 0.717) is 0 Å². The van der Waals surface area contributed by atoms with E-state index >= 15 is 0 Å². The van der Waals surface area contributed by atoms with E-state index in [1.165, 1.54) is 0 Å². The van der Waals surface area contributed by atoms with Gasteiger partial charge in [0.15, 0.2) is 5.78 Å². The summed E-state index contributed by atoms with van der Waals surface area (Å²) in [6.07, 6.45) is -4.42. The van der Waals surface area contributed by atoms with Crippen LogP contribution in [0.4, 0.5) is 13.2 Å². The van der Waals surface area contributed by atoms with E-state index in [9.17, 15) is 18.0 Å². The number of carbonyl (C=O) groups is 1. The number of rotatable bonds is 4. The van der Waals surface area contributed by atoms with Crippen molar-refractivity contribution in [2.75, 3.05) is 0 Å². The van der Waals surface area contributed by atoms with Crippen LogP contribution in [0.5, 0.6) is 0 Å². The van der Waals surface area contributed by atoms with Crippen molar-refractivity contribution in [3.05, 3.63) is 35.4 Å². The van der Waals surface area contributed by atoms with Crippen LogP contribution in [0, 0.1) is 16.6 Å². The van der Waals surface area contributed by atoms with Gasteiger partial charge in [-0.2, -0.15) is 18.4 Å². The molecule has 2 nitrogen and oxygen atoms in total. The summed E-state index contributed by atoms with van der Waals surface area (Å²) < 4.78 is 37.2. The molecule has 0 heterocycles. The van der Waals surface area contributed by atoms with Gasteiger partial charge in [-0.25, -0.2) is 0 Å². The van der Waals surface area contributed by atoms with E-state index in [1.807, 2.05) is 5.40 Å². The maximum absolute atomic E-state index is 12.4. The summed E-state index contributed by atoms with van der Waals surface area (Å²) in [7, 11) is 0. The third kappa shape index (κ3) is 4.00. The van der Waals surface area contributed by atoms with Crippen LogP contribution in [-0.2, 0) is 6.18 Å². The molecule has 1 aromatic carbocycles. The molecule has 0 fully saturated rings. The first-order valence-corrected chi connectivity index (χ1v) is 6.41. The molecule has 0 saturated carbocycles. The Balaban J connectivity index is 2.98. The molecule has 1 atom stereocenters. The second-order valence-corrected chi connectivity index (χ2v) is 5.24. The molecule has 0 N–H and O–H groups in total. The van der Waals surface area contributed by atoms with Gasteiger partial charge in [0.1, 0.15) is 5.40 Å². The molecule has 0 bridgehead atoms. The molecule has 19 heavy (non-hydrogen) atoms. The van der Waals surface area contributed by atoms with Gasteiger partial charge in [-0.15, -0.1) is 0 Å². The highest BCUT2D eigenvalue weighted by Crippen LogP contribution is 2.30. The van der Waals surface area contributed by atoms with Gasteiger partial charge < -0.3 is 0 Å². The number of nitrogens with zero attached hydrogens (tertiary/aromatic N) is 1. The Morgan fingerprint density at radius 2 is 1.79 bits per heavy atom. The van der Waals surface area contributed by atoms with Gasteiger partial charge in [-0.1, -0.05) is 26.0 Å². The number of nitriles is 1. The fraction of sp³-hybridized carbons (Fsp3) is 0.385. The van der Waals surface area contributed by atoms with E-state index in [2.05, 4.69) is 0 Å². The van der Waals surface area contributed by atoms with Crippen LogP contribution in [0.1, 0.15) is 29.8 Å². The van der Waals surface area contributed by atoms with Gasteiger partial charge >= 0.3 is 6.18 Å². The fourth-order valence-electron chi connectivity index (χ4n) is 1.54. The molecule has 0 spiro atoms. The quantitative estimate of drug-likeness (QED) is 0.617. The summed E-state index contributed by atoms with van der Waals surface area (Å²) in [4.78, 5) is 12.1. The molecular formula is C13H12F3NOS. The molecule has 0 amide bonds. The van der Waals surface area contributed by atoms with Gasteiger partial charge in [-0.05, 0) is 29.8 Å². The Labute approximate surface area is 113 Å². The van der Waals surface area contributed by atoms with Crippen LogP contribution in [0.25, 0.3) is 0 Å². The molecule has 0 saturated heterocycles. The van der Waals surface area contributed by atoms with Gasteiger partial charge in [0.05, 0.1) is 10.8 Å². The monoisotopic (exact) mass is 287 g/mol. The molecule has 1 rings (SSSR count). The Kier molecular flexibility index (Phi) is 5.01. The topological polar surface area (TPSA) is 40.9 Å². The lowest BCUT2D eigenvalue weighted by Crippen LogP contribution is -2.23. The van der Waals surface area contributed by atoms with Crippen molar-refractivity contribution < 1.29 is 18.0 Å². The average molecular weight is 287 g/mol. The first kappa shape index (κ1) is 15.6. The standard InChI is InChI=1S/C13H12F3NOS/c1-8(2)12(19-7-17)11(18)9-3-5-10(6-4-9)13(14,15)16/h3-6,8,12H,1-2H3. The summed E-state index contributed by atoms with van der Waals surface area (Å²) in [5.74, 6) is -0.394. The summed E-state index contributed by atoms with van der Waals surface area (Å²) >= 11 is 0.831. The van der Waals surface area contributed by atoms with Crippen LogP contribution in [0.3, 0.4) is 0 Å². The zero-order valence-corrected chi connectivity index (χ0v) is 11.2. The molecular weight excluding hydrogens is 275 g/mol. The predicted octanol–water partition coefficient (Wildman–Crippen LogP) is 4.13. The number of hydrogen-bond donors (Lipinski definition) is 0. The molecule has 1 aromatic rings. The van der Waals surface area contributed by atoms with Gasteiger partial charge in [-0.3, -0.25) is 4.79 Å². The highest BCUT2D eigenvalue weighted by molar-refractivity contribution is 8.05. The van der Waals surface area contributed by atoms with Crippen LogP contribution >= 0.6 is 11.8 Å². The number of carbonyl (C=O) groups excluding carboxylic acids is 1. The van der Waals surface area contributed by atoms with E-state index in [-0.39, 0.29) is 17.3 Å². The van der Waals surface area contributed by atoms with Crippen molar-refractivity contribution in [3.8, 4) is 5.40 Å². The molecule has 0 radical (unpaired) electrons. The van der Waals surface area contributed by atoms with Crippen molar-refractivity contribution in [1.82, 2.24) is 0 Å². The maximum atomic E-state index is 12.4. The predicted molar refractivity (Wildman–Crippen MR) is 67.6 cm³/mol. The van der Waals surface area contributed by atoms with Gasteiger partial charge in [0, 0.05) is 5.56 Å². The number of ketones is 1. The Bertz CT molecular complexity index is 488. The van der Waals surface area contributed by atoms with Gasteiger partial charge in [0.25, 0.3) is 0 Å². The van der Waals surface area contributed by atoms with Crippen LogP contribution < -0.4 is 0 Å². The van der Waals surface area contributed by atoms with Crippen molar-refractivity contribution in [2.24, 2.45) is 5.92 Å². The lowest BCUT2D eigenvalue weighted by atomic mass is 9.99. The number of Topliss-reactive ketones (excluding diaryl/α,β-unsaturated/α-hetero) is 1. The second-order valence-electron chi connectivity index (χ2n) is 4.31. The number of hydrogen-bond acceptors (Lipinski definition) is 3. The van der Waals surface area contributed by atoms with Crippen molar-refractivity contribution >= 4 is 17.5 Å². The molecule has 1 unspecified atom stereocenters. The first-order valence-electron chi connectivity index (χ1n) is 5.53. The molecule has 0 aliphatic rings. The zero-order chi connectivity index (χ0) is 14.6. The van der Waals surface area contributed by atoms with E-state index in [1.54, 1.807) is 13.8 Å². The summed E-state index contributed by atoms with van der Waals surface area (Å²) in [5, 5.41) is 9.93. The lowest BCUT2D eigenvalue weighted by molar-refractivity contribution is -0.137. The van der Waals surface area contributed by atoms with Crippen molar-refractivity contribution in [3.63, 3.8) is 0 Å². The minimum absolute atomic E-state index is 0.0700. The molecule has 0 aromatic heterocycles. The first-order chi connectivity index (χ1) is 8.77. The summed E-state index contributed by atoms with van der Waals surface area (Å²) in [6.45, 7) is 3.58. The average Bonchev–Trinajstić information content (AvgIpc) is 2.34. The van der Waals surface area contributed by atoms with Crippen LogP contribution in [0.15, 0.2) is 24.3 Å².